The van der Waals surface area contributed by atoms with E-state index in [-0.39, 0.29) is 18.2 Å². The van der Waals surface area contributed by atoms with E-state index < -0.39 is 0 Å². The molecule has 0 fully saturated rings. The number of nitrogens with two attached hydrogens (primary N) is 2. The van der Waals surface area contributed by atoms with E-state index in [0.717, 1.165) is 16.9 Å². The summed E-state index contributed by atoms with van der Waals surface area (Å²) in [6.07, 6.45) is 0. The molecule has 0 spiro atoms. The van der Waals surface area contributed by atoms with Gasteiger partial charge in [0.15, 0.2) is 0 Å². The van der Waals surface area contributed by atoms with Gasteiger partial charge in [0, 0.05) is 29.2 Å². The lowest BCUT2D eigenvalue weighted by Crippen LogP contribution is -2.00. The lowest BCUT2D eigenvalue weighted by atomic mass is 10.1. The van der Waals surface area contributed by atoms with Crippen LogP contribution in [0.5, 0.6) is 5.75 Å². The molecule has 0 aromatic heterocycles. The van der Waals surface area contributed by atoms with Gasteiger partial charge in [0.2, 0.25) is 0 Å². The van der Waals surface area contributed by atoms with Gasteiger partial charge < -0.3 is 21.9 Å². The summed E-state index contributed by atoms with van der Waals surface area (Å²) < 4.78 is 0. The number of phenols is 1. The molecule has 0 aliphatic heterocycles. The van der Waals surface area contributed by atoms with E-state index in [0.29, 0.717) is 12.2 Å². The predicted molar refractivity (Wildman–Crippen MR) is 77.9 cm³/mol. The molecule has 2 aromatic carbocycles. The SMILES string of the molecule is Cl.Nc1ccc(NCc2cc(N)ccc2O)cc1. The number of aromatic hydroxyl groups is 1. The standard InChI is InChI=1S/C13H15N3O.ClH/c14-10-1-4-12(5-2-10)16-8-9-7-11(15)3-6-13(9)17;/h1-7,16-17H,8,14-15H2;1H. The number of nitrogens with one attached hydrogen (secondary N) is 1. The molecule has 2 rings (SSSR count). The summed E-state index contributed by atoms with van der Waals surface area (Å²) in [5.74, 6) is 0.238. The van der Waals surface area contributed by atoms with Crippen LogP contribution >= 0.6 is 12.4 Å². The minimum Gasteiger partial charge on any atom is -0.508 e. The Bertz CT molecular complexity index is 514. The van der Waals surface area contributed by atoms with Crippen molar-refractivity contribution in [2.45, 2.75) is 6.54 Å². The van der Waals surface area contributed by atoms with Gasteiger partial charge in [-0.15, -0.1) is 12.4 Å². The number of phenolic OH excluding ortho intramolecular Hbond substituents is 1. The van der Waals surface area contributed by atoms with Crippen molar-refractivity contribution in [3.05, 3.63) is 48.0 Å². The number of rotatable bonds is 3. The normalized spacial score (nSPS) is 9.56. The van der Waals surface area contributed by atoms with E-state index in [9.17, 15) is 5.11 Å². The van der Waals surface area contributed by atoms with E-state index in [4.69, 9.17) is 11.5 Å². The maximum Gasteiger partial charge on any atom is 0.120 e. The molecule has 0 radical (unpaired) electrons. The number of halogens is 1. The predicted octanol–water partition coefficient (Wildman–Crippen LogP) is 2.59. The average Bonchev–Trinajstić information content (AvgIpc) is 2.32. The van der Waals surface area contributed by atoms with Crippen molar-refractivity contribution < 1.29 is 5.11 Å². The van der Waals surface area contributed by atoms with Gasteiger partial charge in [0.25, 0.3) is 0 Å². The maximum atomic E-state index is 9.64. The Balaban J connectivity index is 0.00000162. The van der Waals surface area contributed by atoms with Gasteiger partial charge in [0.05, 0.1) is 0 Å². The van der Waals surface area contributed by atoms with Gasteiger partial charge in [0.1, 0.15) is 5.75 Å². The Hall–Kier alpha value is -2.07. The average molecular weight is 266 g/mol. The summed E-state index contributed by atoms with van der Waals surface area (Å²) in [7, 11) is 0. The van der Waals surface area contributed by atoms with E-state index in [1.807, 2.05) is 24.3 Å². The van der Waals surface area contributed by atoms with Crippen molar-refractivity contribution >= 4 is 29.5 Å². The van der Waals surface area contributed by atoms with Crippen LogP contribution in [0.3, 0.4) is 0 Å². The highest BCUT2D eigenvalue weighted by atomic mass is 35.5. The molecule has 0 saturated carbocycles. The smallest absolute Gasteiger partial charge is 0.120 e. The molecule has 0 unspecified atom stereocenters. The first-order valence-corrected chi connectivity index (χ1v) is 5.32. The number of nitrogen functional groups attached to an aromatic ring is 2. The van der Waals surface area contributed by atoms with Gasteiger partial charge in [-0.3, -0.25) is 0 Å². The number of hydrogen-bond donors (Lipinski definition) is 4. The molecule has 5 heteroatoms. The molecule has 4 nitrogen and oxygen atoms in total. The highest BCUT2D eigenvalue weighted by Gasteiger charge is 2.01. The zero-order valence-corrected chi connectivity index (χ0v) is 10.6. The van der Waals surface area contributed by atoms with Gasteiger partial charge >= 0.3 is 0 Å². The largest absolute Gasteiger partial charge is 0.508 e. The van der Waals surface area contributed by atoms with Crippen LogP contribution in [0.2, 0.25) is 0 Å². The Morgan fingerprint density at radius 3 is 2.22 bits per heavy atom. The molecule has 0 saturated heterocycles. The first-order valence-electron chi connectivity index (χ1n) is 5.32. The van der Waals surface area contributed by atoms with Gasteiger partial charge in [-0.2, -0.15) is 0 Å². The lowest BCUT2D eigenvalue weighted by Gasteiger charge is -2.09. The van der Waals surface area contributed by atoms with Crippen LogP contribution in [-0.4, -0.2) is 5.11 Å². The minimum atomic E-state index is 0. The summed E-state index contributed by atoms with van der Waals surface area (Å²) in [6, 6.07) is 12.4. The zero-order chi connectivity index (χ0) is 12.3. The van der Waals surface area contributed by atoms with Crippen molar-refractivity contribution in [1.82, 2.24) is 0 Å². The second-order valence-electron chi connectivity index (χ2n) is 3.86. The monoisotopic (exact) mass is 265 g/mol. The van der Waals surface area contributed by atoms with Crippen LogP contribution in [0.1, 0.15) is 5.56 Å². The van der Waals surface area contributed by atoms with E-state index in [1.165, 1.54) is 0 Å². The summed E-state index contributed by atoms with van der Waals surface area (Å²) >= 11 is 0. The zero-order valence-electron chi connectivity index (χ0n) is 9.76. The Kier molecular flexibility index (Phi) is 4.68. The maximum absolute atomic E-state index is 9.64. The summed E-state index contributed by atoms with van der Waals surface area (Å²) in [5.41, 5.74) is 14.3. The number of anilines is 3. The minimum absolute atomic E-state index is 0. The van der Waals surface area contributed by atoms with Crippen LogP contribution in [-0.2, 0) is 6.54 Å². The first-order chi connectivity index (χ1) is 8.15. The first kappa shape index (κ1) is 14.0. The molecule has 0 aliphatic rings. The topological polar surface area (TPSA) is 84.3 Å². The molecule has 2 aromatic rings. The van der Waals surface area contributed by atoms with Crippen LogP contribution in [0.4, 0.5) is 17.1 Å². The Labute approximate surface area is 112 Å². The molecular weight excluding hydrogens is 250 g/mol. The van der Waals surface area contributed by atoms with E-state index >= 15 is 0 Å². The van der Waals surface area contributed by atoms with Crippen LogP contribution in [0, 0.1) is 0 Å². The van der Waals surface area contributed by atoms with Crippen LogP contribution < -0.4 is 16.8 Å². The molecular formula is C13H16ClN3O. The second-order valence-corrected chi connectivity index (χ2v) is 3.86. The third-order valence-corrected chi connectivity index (χ3v) is 2.50. The van der Waals surface area contributed by atoms with Crippen molar-refractivity contribution in [3.63, 3.8) is 0 Å². The summed E-state index contributed by atoms with van der Waals surface area (Å²) in [6.45, 7) is 0.515. The number of hydrogen-bond acceptors (Lipinski definition) is 4. The summed E-state index contributed by atoms with van der Waals surface area (Å²) in [4.78, 5) is 0. The fourth-order valence-electron chi connectivity index (χ4n) is 1.55. The highest BCUT2D eigenvalue weighted by molar-refractivity contribution is 5.85. The fourth-order valence-corrected chi connectivity index (χ4v) is 1.55. The molecule has 0 heterocycles. The molecule has 0 atom stereocenters. The van der Waals surface area contributed by atoms with Crippen molar-refractivity contribution in [2.75, 3.05) is 16.8 Å². The Morgan fingerprint density at radius 2 is 1.56 bits per heavy atom. The second kappa shape index (κ2) is 6.02. The van der Waals surface area contributed by atoms with Gasteiger partial charge in [-0.25, -0.2) is 0 Å². The molecule has 6 N–H and O–H groups in total. The fraction of sp³-hybridized carbons (Fsp3) is 0.0769. The van der Waals surface area contributed by atoms with Crippen LogP contribution in [0.15, 0.2) is 42.5 Å². The molecule has 0 bridgehead atoms. The van der Waals surface area contributed by atoms with Crippen molar-refractivity contribution in [3.8, 4) is 5.75 Å². The van der Waals surface area contributed by atoms with Crippen LogP contribution in [0.25, 0.3) is 0 Å². The molecule has 0 aliphatic carbocycles. The molecule has 96 valence electrons. The van der Waals surface area contributed by atoms with E-state index in [1.54, 1.807) is 18.2 Å². The number of benzene rings is 2. The van der Waals surface area contributed by atoms with E-state index in [2.05, 4.69) is 5.32 Å². The lowest BCUT2D eigenvalue weighted by molar-refractivity contribution is 0.469. The van der Waals surface area contributed by atoms with Crippen molar-refractivity contribution in [2.24, 2.45) is 0 Å². The summed E-state index contributed by atoms with van der Waals surface area (Å²) in [5, 5.41) is 12.8. The highest BCUT2D eigenvalue weighted by Crippen LogP contribution is 2.21. The third kappa shape index (κ3) is 3.46. The molecule has 18 heavy (non-hydrogen) atoms. The van der Waals surface area contributed by atoms with Gasteiger partial charge in [-0.1, -0.05) is 0 Å². The molecule has 0 amide bonds. The van der Waals surface area contributed by atoms with Gasteiger partial charge in [-0.05, 0) is 42.5 Å². The quantitative estimate of drug-likeness (QED) is 0.508. The third-order valence-electron chi connectivity index (χ3n) is 2.50. The Morgan fingerprint density at radius 1 is 0.944 bits per heavy atom. The van der Waals surface area contributed by atoms with Crippen molar-refractivity contribution in [1.29, 1.82) is 0 Å².